The summed E-state index contributed by atoms with van der Waals surface area (Å²) >= 11 is -2.13. The standard InChI is InChI=1S/3ClH.H2O2.Zr/c;;;1-2;/h3*1H;1-2H;/q;;;;+3/p-3. The summed E-state index contributed by atoms with van der Waals surface area (Å²) in [6.07, 6.45) is 0. The molecule has 0 unspecified atom stereocenters. The van der Waals surface area contributed by atoms with E-state index in [1.165, 1.54) is 0 Å². The third-order valence-corrected chi connectivity index (χ3v) is 0. The van der Waals surface area contributed by atoms with Crippen molar-refractivity contribution in [3.05, 3.63) is 0 Å². The molecule has 0 aliphatic rings. The molecule has 0 bridgehead atoms. The number of halogens is 3. The molecule has 39 valence electrons. The van der Waals surface area contributed by atoms with Gasteiger partial charge < -0.3 is 0 Å². The van der Waals surface area contributed by atoms with E-state index in [0.717, 1.165) is 0 Å². The predicted molar refractivity (Wildman–Crippen MR) is 22.8 cm³/mol. The van der Waals surface area contributed by atoms with E-state index in [2.05, 4.69) is 0 Å². The second-order valence-electron chi connectivity index (χ2n) is 0.214. The van der Waals surface area contributed by atoms with Gasteiger partial charge in [0.1, 0.15) is 0 Å². The first-order valence-electron chi connectivity index (χ1n) is 0.767. The van der Waals surface area contributed by atoms with Gasteiger partial charge in [-0.3, -0.25) is 10.5 Å². The Morgan fingerprint density at radius 3 is 1.00 bits per heavy atom. The van der Waals surface area contributed by atoms with Gasteiger partial charge in [0.05, 0.1) is 0 Å². The molecule has 0 aliphatic carbocycles. The SMILES string of the molecule is OO.[Cl][Zr]([Cl])[Cl]. The zero-order valence-corrected chi connectivity index (χ0v) is 7.25. The summed E-state index contributed by atoms with van der Waals surface area (Å²) in [4.78, 5) is 0. The summed E-state index contributed by atoms with van der Waals surface area (Å²) in [6.45, 7) is 0. The van der Waals surface area contributed by atoms with Crippen LogP contribution in [0.1, 0.15) is 0 Å². The zero-order valence-electron chi connectivity index (χ0n) is 2.53. The Morgan fingerprint density at radius 1 is 1.00 bits per heavy atom. The van der Waals surface area contributed by atoms with Crippen LogP contribution in [-0.2, 0) is 18.2 Å². The zero-order chi connectivity index (χ0) is 5.58. The minimum atomic E-state index is -2.13. The topological polar surface area (TPSA) is 40.5 Å². The molecule has 0 saturated carbocycles. The number of rotatable bonds is 0. The quantitative estimate of drug-likeness (QED) is 0.495. The Labute approximate surface area is 53.9 Å². The molecular weight excluding hydrogens is 230 g/mol. The van der Waals surface area contributed by atoms with Crippen LogP contribution in [0.25, 0.3) is 0 Å². The second-order valence-corrected chi connectivity index (χ2v) is 11.4. The van der Waals surface area contributed by atoms with E-state index in [9.17, 15) is 0 Å². The fourth-order valence-corrected chi connectivity index (χ4v) is 0. The molecule has 0 rings (SSSR count). The van der Waals surface area contributed by atoms with E-state index in [4.69, 9.17) is 36.1 Å². The molecule has 2 nitrogen and oxygen atoms in total. The van der Waals surface area contributed by atoms with E-state index >= 15 is 0 Å². The second kappa shape index (κ2) is 9.83. The normalized spacial score (nSPS) is 5.50. The summed E-state index contributed by atoms with van der Waals surface area (Å²) in [6, 6.07) is 0. The molecular formula is H2Cl3O2Zr. The van der Waals surface area contributed by atoms with Crippen LogP contribution in [-0.4, -0.2) is 10.5 Å². The Bertz CT molecular complexity index is 13.5. The van der Waals surface area contributed by atoms with Crippen molar-refractivity contribution in [2.24, 2.45) is 0 Å². The molecule has 6 heavy (non-hydrogen) atoms. The van der Waals surface area contributed by atoms with Crippen molar-refractivity contribution in [3.8, 4) is 0 Å². The Morgan fingerprint density at radius 2 is 1.00 bits per heavy atom. The molecule has 0 aliphatic heterocycles. The molecule has 0 atom stereocenters. The van der Waals surface area contributed by atoms with Gasteiger partial charge in [0.15, 0.2) is 0 Å². The maximum absolute atomic E-state index is 6.00. The van der Waals surface area contributed by atoms with Gasteiger partial charge >= 0.3 is 43.7 Å². The molecule has 0 amide bonds. The van der Waals surface area contributed by atoms with Crippen LogP contribution >= 0.6 is 25.5 Å². The Hall–Kier alpha value is 1.67. The van der Waals surface area contributed by atoms with Crippen LogP contribution < -0.4 is 0 Å². The van der Waals surface area contributed by atoms with Crippen LogP contribution in [0.5, 0.6) is 0 Å². The fourth-order valence-electron chi connectivity index (χ4n) is 0. The van der Waals surface area contributed by atoms with E-state index in [1.807, 2.05) is 0 Å². The molecule has 0 radical (unpaired) electrons. The monoisotopic (exact) mass is 229 g/mol. The molecule has 2 N–H and O–H groups in total. The maximum atomic E-state index is 6.00. The van der Waals surface area contributed by atoms with Crippen molar-refractivity contribution in [1.29, 1.82) is 0 Å². The van der Waals surface area contributed by atoms with Gasteiger partial charge in [0, 0.05) is 0 Å². The van der Waals surface area contributed by atoms with Gasteiger partial charge in [-0.25, -0.2) is 0 Å². The number of hydrogen-bond donors (Lipinski definition) is 2. The van der Waals surface area contributed by atoms with Gasteiger partial charge in [-0.2, -0.15) is 0 Å². The molecule has 0 aromatic carbocycles. The van der Waals surface area contributed by atoms with Crippen molar-refractivity contribution in [1.82, 2.24) is 0 Å². The minimum absolute atomic E-state index is 2.13. The average Bonchev–Trinajstić information content (AvgIpc) is 1.41. The Kier molecular flexibility index (Phi) is 17.4. The van der Waals surface area contributed by atoms with Gasteiger partial charge in [0.2, 0.25) is 0 Å². The fraction of sp³-hybridized carbons (Fsp3) is 0. The molecule has 0 aromatic rings. The molecule has 0 fully saturated rings. The average molecular weight is 232 g/mol. The summed E-state index contributed by atoms with van der Waals surface area (Å²) in [5.41, 5.74) is 0. The van der Waals surface area contributed by atoms with Crippen LogP contribution in [0, 0.1) is 0 Å². The van der Waals surface area contributed by atoms with Crippen molar-refractivity contribution >= 4 is 25.5 Å². The van der Waals surface area contributed by atoms with Gasteiger partial charge in [-0.1, -0.05) is 0 Å². The molecule has 0 aromatic heterocycles. The first-order chi connectivity index (χ1) is 2.73. The van der Waals surface area contributed by atoms with Crippen molar-refractivity contribution in [3.63, 3.8) is 0 Å². The van der Waals surface area contributed by atoms with Crippen LogP contribution in [0.4, 0.5) is 0 Å². The van der Waals surface area contributed by atoms with Crippen molar-refractivity contribution in [2.45, 2.75) is 0 Å². The first-order valence-corrected chi connectivity index (χ1v) is 10.3. The molecule has 6 heteroatoms. The van der Waals surface area contributed by atoms with E-state index < -0.39 is 18.2 Å². The van der Waals surface area contributed by atoms with Crippen LogP contribution in [0.15, 0.2) is 0 Å². The van der Waals surface area contributed by atoms with E-state index in [0.29, 0.717) is 0 Å². The summed E-state index contributed by atoms with van der Waals surface area (Å²) in [7, 11) is 15.0. The van der Waals surface area contributed by atoms with Gasteiger partial charge in [-0.05, 0) is 0 Å². The van der Waals surface area contributed by atoms with Gasteiger partial charge in [-0.15, -0.1) is 0 Å². The Balaban J connectivity index is 0. The summed E-state index contributed by atoms with van der Waals surface area (Å²) in [5, 5.41) is 12.0. The van der Waals surface area contributed by atoms with Gasteiger partial charge in [0.25, 0.3) is 0 Å². The van der Waals surface area contributed by atoms with E-state index in [-0.39, 0.29) is 0 Å². The van der Waals surface area contributed by atoms with Crippen molar-refractivity contribution in [2.75, 3.05) is 0 Å². The third-order valence-electron chi connectivity index (χ3n) is 0. The third kappa shape index (κ3) is 44.3. The number of hydrogen-bond acceptors (Lipinski definition) is 2. The van der Waals surface area contributed by atoms with Crippen LogP contribution in [0.3, 0.4) is 0 Å². The van der Waals surface area contributed by atoms with Crippen LogP contribution in [0.2, 0.25) is 0 Å². The molecule has 0 heterocycles. The molecule has 0 spiro atoms. The van der Waals surface area contributed by atoms with E-state index in [1.54, 1.807) is 0 Å². The summed E-state index contributed by atoms with van der Waals surface area (Å²) < 4.78 is 0. The predicted octanol–water partition coefficient (Wildman–Crippen LogP) is 2.08. The molecule has 0 saturated heterocycles. The first kappa shape index (κ1) is 10.6. The summed E-state index contributed by atoms with van der Waals surface area (Å²) in [5.74, 6) is 0. The van der Waals surface area contributed by atoms with Crippen molar-refractivity contribution < 1.29 is 28.7 Å².